The van der Waals surface area contributed by atoms with E-state index in [1.54, 1.807) is 22.8 Å². The lowest BCUT2D eigenvalue weighted by molar-refractivity contribution is -0.135. The van der Waals surface area contributed by atoms with E-state index < -0.39 is 17.4 Å². The fourth-order valence-corrected chi connectivity index (χ4v) is 5.73. The average molecular weight is 564 g/mol. The first-order chi connectivity index (χ1) is 19.7. The number of fused-ring (bicyclic) bond motifs is 2. The molecule has 4 heterocycles. The van der Waals surface area contributed by atoms with Crippen LogP contribution in [-0.2, 0) is 29.0 Å². The number of aromatic amines is 2. The van der Waals surface area contributed by atoms with Gasteiger partial charge in [-0.1, -0.05) is 6.92 Å². The Hall–Kier alpha value is -4.32. The standard InChI is InChI=1S/C29H31F2N7O3/c1-3-17-12-25(40)20(30)13-19(17)18-10-21(31)27-23(11-18)34-35-28(27)29-32-22-4-5-38(14-24(22)33-29)26(41)15-36-6-8-37(9-7-36)16(2)39/h10-13,40H,3-9,14-15H2,1-2H3,(H,32,33)(H,34,35). The van der Waals surface area contributed by atoms with Crippen molar-refractivity contribution in [1.82, 2.24) is 34.9 Å². The Kier molecular flexibility index (Phi) is 6.94. The van der Waals surface area contributed by atoms with Gasteiger partial charge in [-0.2, -0.15) is 5.10 Å². The second-order valence-corrected chi connectivity index (χ2v) is 10.6. The van der Waals surface area contributed by atoms with Gasteiger partial charge in [0, 0.05) is 46.1 Å². The second kappa shape index (κ2) is 10.6. The van der Waals surface area contributed by atoms with Gasteiger partial charge in [0.2, 0.25) is 11.8 Å². The molecule has 0 saturated carbocycles. The highest BCUT2D eigenvalue weighted by Gasteiger charge is 2.28. The molecule has 0 spiro atoms. The number of carbonyl (C=O) groups is 2. The maximum Gasteiger partial charge on any atom is 0.237 e. The van der Waals surface area contributed by atoms with Crippen LogP contribution in [0.2, 0.25) is 0 Å². The van der Waals surface area contributed by atoms with Crippen molar-refractivity contribution < 1.29 is 23.5 Å². The third kappa shape index (κ3) is 5.03. The van der Waals surface area contributed by atoms with Crippen molar-refractivity contribution in [3.05, 3.63) is 52.9 Å². The molecular weight excluding hydrogens is 532 g/mol. The number of phenols is 1. The van der Waals surface area contributed by atoms with Crippen molar-refractivity contribution >= 4 is 22.7 Å². The zero-order valence-corrected chi connectivity index (χ0v) is 22.9. The minimum atomic E-state index is -0.771. The number of rotatable bonds is 5. The largest absolute Gasteiger partial charge is 0.505 e. The molecule has 3 N–H and O–H groups in total. The summed E-state index contributed by atoms with van der Waals surface area (Å²) < 4.78 is 29.7. The van der Waals surface area contributed by atoms with Gasteiger partial charge < -0.3 is 19.9 Å². The second-order valence-electron chi connectivity index (χ2n) is 10.6. The number of piperazine rings is 1. The highest BCUT2D eigenvalue weighted by atomic mass is 19.1. The average Bonchev–Trinajstić information content (AvgIpc) is 3.58. The van der Waals surface area contributed by atoms with Crippen LogP contribution in [0.4, 0.5) is 8.78 Å². The van der Waals surface area contributed by atoms with Crippen molar-refractivity contribution in [3.8, 4) is 28.4 Å². The lowest BCUT2D eigenvalue weighted by Crippen LogP contribution is -2.51. The number of nitrogens with zero attached hydrogens (tertiary/aromatic N) is 5. The van der Waals surface area contributed by atoms with E-state index in [0.717, 1.165) is 11.4 Å². The number of aromatic hydroxyl groups is 1. The van der Waals surface area contributed by atoms with Crippen LogP contribution in [0.25, 0.3) is 33.5 Å². The van der Waals surface area contributed by atoms with Gasteiger partial charge in [0.05, 0.1) is 35.4 Å². The zero-order valence-electron chi connectivity index (χ0n) is 22.9. The minimum Gasteiger partial charge on any atom is -0.505 e. The molecule has 1 saturated heterocycles. The zero-order chi connectivity index (χ0) is 28.8. The van der Waals surface area contributed by atoms with Gasteiger partial charge in [-0.25, -0.2) is 13.8 Å². The molecule has 12 heteroatoms. The fourth-order valence-electron chi connectivity index (χ4n) is 5.73. The highest BCUT2D eigenvalue weighted by molar-refractivity contribution is 5.94. The smallest absolute Gasteiger partial charge is 0.237 e. The molecule has 0 radical (unpaired) electrons. The number of phenolic OH excluding ortho intramolecular Hbond substituents is 1. The van der Waals surface area contributed by atoms with E-state index in [4.69, 9.17) is 0 Å². The molecule has 0 atom stereocenters. The molecule has 0 aliphatic carbocycles. The Morgan fingerprint density at radius 2 is 1.80 bits per heavy atom. The number of benzene rings is 2. The van der Waals surface area contributed by atoms with Gasteiger partial charge in [-0.3, -0.25) is 19.6 Å². The van der Waals surface area contributed by atoms with E-state index >= 15 is 4.39 Å². The van der Waals surface area contributed by atoms with Crippen LogP contribution in [0.3, 0.4) is 0 Å². The van der Waals surface area contributed by atoms with Gasteiger partial charge in [0.15, 0.2) is 17.4 Å². The summed E-state index contributed by atoms with van der Waals surface area (Å²) >= 11 is 0. The first kappa shape index (κ1) is 26.9. The van der Waals surface area contributed by atoms with Crippen molar-refractivity contribution in [2.24, 2.45) is 0 Å². The Morgan fingerprint density at radius 1 is 1.02 bits per heavy atom. The Bertz CT molecular complexity index is 1660. The number of imidazole rings is 1. The summed E-state index contributed by atoms with van der Waals surface area (Å²) in [5, 5.41) is 17.2. The molecule has 6 rings (SSSR count). The molecule has 2 aromatic heterocycles. The van der Waals surface area contributed by atoms with Crippen LogP contribution in [0.15, 0.2) is 24.3 Å². The maximum absolute atomic E-state index is 15.5. The molecule has 0 bridgehead atoms. The normalized spacial score (nSPS) is 15.9. The van der Waals surface area contributed by atoms with Crippen LogP contribution in [0.5, 0.6) is 5.75 Å². The summed E-state index contributed by atoms with van der Waals surface area (Å²) in [6.45, 7) is 7.22. The molecule has 2 aliphatic heterocycles. The van der Waals surface area contributed by atoms with Crippen LogP contribution in [-0.4, -0.2) is 91.1 Å². The summed E-state index contributed by atoms with van der Waals surface area (Å²) in [4.78, 5) is 38.2. The number of nitrogens with one attached hydrogen (secondary N) is 2. The van der Waals surface area contributed by atoms with E-state index in [1.165, 1.54) is 18.2 Å². The number of carbonyl (C=O) groups excluding carboxylic acids is 2. The minimum absolute atomic E-state index is 0.0176. The lowest BCUT2D eigenvalue weighted by Gasteiger charge is -2.35. The van der Waals surface area contributed by atoms with Crippen LogP contribution >= 0.6 is 0 Å². The molecule has 2 aliphatic rings. The molecule has 41 heavy (non-hydrogen) atoms. The van der Waals surface area contributed by atoms with Crippen LogP contribution < -0.4 is 0 Å². The van der Waals surface area contributed by atoms with Crippen molar-refractivity contribution in [3.63, 3.8) is 0 Å². The Morgan fingerprint density at radius 3 is 2.54 bits per heavy atom. The molecular formula is C29H31F2N7O3. The first-order valence-corrected chi connectivity index (χ1v) is 13.7. The monoisotopic (exact) mass is 563 g/mol. The first-order valence-electron chi connectivity index (χ1n) is 13.7. The topological polar surface area (TPSA) is 121 Å². The molecule has 0 unspecified atom stereocenters. The summed E-state index contributed by atoms with van der Waals surface area (Å²) in [6, 6.07) is 5.62. The van der Waals surface area contributed by atoms with E-state index in [0.29, 0.717) is 92.4 Å². The molecule has 2 amide bonds. The van der Waals surface area contributed by atoms with Gasteiger partial charge in [0.25, 0.3) is 0 Å². The van der Waals surface area contributed by atoms with Crippen molar-refractivity contribution in [2.45, 2.75) is 33.2 Å². The third-order valence-electron chi connectivity index (χ3n) is 8.07. The maximum atomic E-state index is 15.5. The van der Waals surface area contributed by atoms with Gasteiger partial charge in [-0.15, -0.1) is 0 Å². The molecule has 2 aromatic carbocycles. The fraction of sp³-hybridized carbons (Fsp3) is 0.379. The summed E-state index contributed by atoms with van der Waals surface area (Å²) in [5.41, 5.74) is 4.03. The molecule has 10 nitrogen and oxygen atoms in total. The predicted molar refractivity (Wildman–Crippen MR) is 148 cm³/mol. The Labute approximate surface area is 235 Å². The summed E-state index contributed by atoms with van der Waals surface area (Å²) in [6.07, 6.45) is 1.10. The third-order valence-corrected chi connectivity index (χ3v) is 8.07. The highest BCUT2D eigenvalue weighted by Crippen LogP contribution is 2.35. The van der Waals surface area contributed by atoms with E-state index in [9.17, 15) is 19.1 Å². The van der Waals surface area contributed by atoms with Crippen LogP contribution in [0.1, 0.15) is 30.8 Å². The number of aromatic nitrogens is 4. The molecule has 4 aromatic rings. The summed E-state index contributed by atoms with van der Waals surface area (Å²) in [5.74, 6) is -1.26. The van der Waals surface area contributed by atoms with Gasteiger partial charge >= 0.3 is 0 Å². The number of halogens is 2. The van der Waals surface area contributed by atoms with Gasteiger partial charge in [0.1, 0.15) is 11.5 Å². The van der Waals surface area contributed by atoms with Gasteiger partial charge in [-0.05, 0) is 47.4 Å². The number of hydrogen-bond acceptors (Lipinski definition) is 6. The van der Waals surface area contributed by atoms with E-state index in [-0.39, 0.29) is 17.2 Å². The lowest BCUT2D eigenvalue weighted by atomic mass is 9.96. The van der Waals surface area contributed by atoms with Crippen molar-refractivity contribution in [1.29, 1.82) is 0 Å². The van der Waals surface area contributed by atoms with E-state index in [1.807, 2.05) is 6.92 Å². The number of H-pyrrole nitrogens is 2. The number of amides is 2. The predicted octanol–water partition coefficient (Wildman–Crippen LogP) is 3.22. The SMILES string of the molecule is CCc1cc(O)c(F)cc1-c1cc(F)c2c(-c3nc4c([nH]3)CN(C(=O)CN3CCN(C(C)=O)CC3)CC4)n[nH]c2c1. The number of hydrogen-bond donors (Lipinski definition) is 3. The Balaban J connectivity index is 1.21. The summed E-state index contributed by atoms with van der Waals surface area (Å²) in [7, 11) is 0. The molecule has 214 valence electrons. The quantitative estimate of drug-likeness (QED) is 0.343. The number of aryl methyl sites for hydroxylation is 1. The van der Waals surface area contributed by atoms with Crippen LogP contribution in [0, 0.1) is 11.6 Å². The van der Waals surface area contributed by atoms with E-state index in [2.05, 4.69) is 25.1 Å². The molecule has 1 fully saturated rings. The van der Waals surface area contributed by atoms with Crippen molar-refractivity contribution in [2.75, 3.05) is 39.3 Å².